The molecule has 27 heavy (non-hydrogen) atoms. The third kappa shape index (κ3) is 5.48. The van der Waals surface area contributed by atoms with E-state index in [4.69, 9.17) is 4.74 Å². The van der Waals surface area contributed by atoms with Crippen molar-refractivity contribution in [1.29, 1.82) is 0 Å². The van der Waals surface area contributed by atoms with Crippen LogP contribution in [-0.2, 0) is 19.6 Å². The van der Waals surface area contributed by atoms with Gasteiger partial charge in [-0.05, 0) is 57.0 Å². The highest BCUT2D eigenvalue weighted by atomic mass is 32.2. The van der Waals surface area contributed by atoms with Crippen molar-refractivity contribution in [2.24, 2.45) is 0 Å². The molecule has 2 aromatic rings. The maximum atomic E-state index is 12.4. The minimum absolute atomic E-state index is 0.0557. The maximum Gasteiger partial charge on any atom is 0.321 e. The van der Waals surface area contributed by atoms with Crippen LogP contribution in [-0.4, -0.2) is 32.8 Å². The quantitative estimate of drug-likeness (QED) is 0.581. The SMILES string of the molecule is Cc1ccc(S(=O)(=O)NCC(=O)O[C@@H](C)C(=O)c2ccc(C)c(C)c2)cc1. The van der Waals surface area contributed by atoms with E-state index < -0.39 is 28.6 Å². The number of hydrogen-bond acceptors (Lipinski definition) is 5. The van der Waals surface area contributed by atoms with Gasteiger partial charge < -0.3 is 4.74 Å². The molecule has 7 heteroatoms. The minimum atomic E-state index is -3.83. The third-order valence-electron chi connectivity index (χ3n) is 4.21. The summed E-state index contributed by atoms with van der Waals surface area (Å²) in [5.41, 5.74) is 3.39. The highest BCUT2D eigenvalue weighted by Gasteiger charge is 2.21. The van der Waals surface area contributed by atoms with Crippen molar-refractivity contribution in [2.45, 2.75) is 38.7 Å². The maximum absolute atomic E-state index is 12.4. The molecule has 0 bridgehead atoms. The Labute approximate surface area is 159 Å². The predicted molar refractivity (Wildman–Crippen MR) is 102 cm³/mol. The number of carbonyl (C=O) groups is 2. The molecule has 0 saturated heterocycles. The molecule has 0 aliphatic heterocycles. The first-order valence-electron chi connectivity index (χ1n) is 8.47. The average molecular weight is 389 g/mol. The topological polar surface area (TPSA) is 89.5 Å². The highest BCUT2D eigenvalue weighted by Crippen LogP contribution is 2.13. The van der Waals surface area contributed by atoms with Crippen molar-refractivity contribution < 1.29 is 22.7 Å². The number of carbonyl (C=O) groups excluding carboxylic acids is 2. The van der Waals surface area contributed by atoms with Gasteiger partial charge in [0.15, 0.2) is 6.10 Å². The molecule has 0 spiro atoms. The molecule has 0 aliphatic carbocycles. The van der Waals surface area contributed by atoms with E-state index in [2.05, 4.69) is 4.72 Å². The zero-order valence-corrected chi connectivity index (χ0v) is 16.6. The number of Topliss-reactive ketones (excluding diaryl/α,β-unsaturated/α-hetero) is 1. The summed E-state index contributed by atoms with van der Waals surface area (Å²) < 4.78 is 31.6. The van der Waals surface area contributed by atoms with Crippen LogP contribution in [0, 0.1) is 20.8 Å². The van der Waals surface area contributed by atoms with Gasteiger partial charge in [-0.2, -0.15) is 4.72 Å². The lowest BCUT2D eigenvalue weighted by molar-refractivity contribution is -0.144. The van der Waals surface area contributed by atoms with E-state index in [-0.39, 0.29) is 10.7 Å². The normalized spacial score (nSPS) is 12.4. The van der Waals surface area contributed by atoms with Crippen molar-refractivity contribution in [2.75, 3.05) is 6.54 Å². The summed E-state index contributed by atoms with van der Waals surface area (Å²) >= 11 is 0. The molecule has 0 saturated carbocycles. The molecule has 0 amide bonds. The van der Waals surface area contributed by atoms with Crippen LogP contribution < -0.4 is 4.72 Å². The Balaban J connectivity index is 1.95. The van der Waals surface area contributed by atoms with Crippen LogP contribution >= 0.6 is 0 Å². The molecule has 0 radical (unpaired) electrons. The molecule has 1 atom stereocenters. The number of ether oxygens (including phenoxy) is 1. The number of hydrogen-bond donors (Lipinski definition) is 1. The van der Waals surface area contributed by atoms with Crippen LogP contribution in [0.4, 0.5) is 0 Å². The van der Waals surface area contributed by atoms with Crippen molar-refractivity contribution in [1.82, 2.24) is 4.72 Å². The largest absolute Gasteiger partial charge is 0.453 e. The Bertz CT molecular complexity index is 949. The van der Waals surface area contributed by atoms with Gasteiger partial charge in [-0.1, -0.05) is 29.8 Å². The standard InChI is InChI=1S/C20H23NO5S/c1-13-5-9-18(10-6-13)27(24,25)21-12-19(22)26-16(4)20(23)17-8-7-14(2)15(3)11-17/h5-11,16,21H,12H2,1-4H3/t16-/m0/s1. The fourth-order valence-electron chi connectivity index (χ4n) is 2.38. The van der Waals surface area contributed by atoms with E-state index >= 15 is 0 Å². The van der Waals surface area contributed by atoms with Crippen LogP contribution in [0.25, 0.3) is 0 Å². The lowest BCUT2D eigenvalue weighted by Gasteiger charge is -2.14. The van der Waals surface area contributed by atoms with Crippen LogP contribution in [0.1, 0.15) is 34.0 Å². The second kappa shape index (κ2) is 8.45. The molecule has 1 N–H and O–H groups in total. The number of nitrogens with one attached hydrogen (secondary N) is 1. The van der Waals surface area contributed by atoms with Crippen LogP contribution in [0.2, 0.25) is 0 Å². The molecule has 0 fully saturated rings. The molecule has 2 aromatic carbocycles. The van der Waals surface area contributed by atoms with E-state index in [1.807, 2.05) is 26.8 Å². The molecule has 6 nitrogen and oxygen atoms in total. The summed E-state index contributed by atoms with van der Waals surface area (Å²) in [6.45, 7) is 6.58. The van der Waals surface area contributed by atoms with E-state index in [0.29, 0.717) is 5.56 Å². The molecule has 0 heterocycles. The second-order valence-electron chi connectivity index (χ2n) is 6.43. The Morgan fingerprint density at radius 1 is 1.00 bits per heavy atom. The molecule has 0 aromatic heterocycles. The number of ketones is 1. The smallest absolute Gasteiger partial charge is 0.321 e. The summed E-state index contributed by atoms with van der Waals surface area (Å²) in [5.74, 6) is -1.16. The van der Waals surface area contributed by atoms with Crippen molar-refractivity contribution in [3.05, 3.63) is 64.7 Å². The molecule has 2 rings (SSSR count). The summed E-state index contributed by atoms with van der Waals surface area (Å²) in [5, 5.41) is 0. The lowest BCUT2D eigenvalue weighted by atomic mass is 10.0. The van der Waals surface area contributed by atoms with E-state index in [9.17, 15) is 18.0 Å². The number of sulfonamides is 1. The Hall–Kier alpha value is -2.51. The van der Waals surface area contributed by atoms with Gasteiger partial charge in [0.05, 0.1) is 4.90 Å². The molecule has 0 aliphatic rings. The molecular formula is C20H23NO5S. The molecular weight excluding hydrogens is 366 g/mol. The molecule has 144 valence electrons. The first-order valence-corrected chi connectivity index (χ1v) is 9.96. The average Bonchev–Trinajstić information content (AvgIpc) is 2.62. The first kappa shape index (κ1) is 20.8. The van der Waals surface area contributed by atoms with E-state index in [0.717, 1.165) is 16.7 Å². The van der Waals surface area contributed by atoms with Crippen molar-refractivity contribution >= 4 is 21.8 Å². The van der Waals surface area contributed by atoms with Gasteiger partial charge in [0, 0.05) is 5.56 Å². The zero-order valence-electron chi connectivity index (χ0n) is 15.8. The second-order valence-corrected chi connectivity index (χ2v) is 8.20. The Kier molecular flexibility index (Phi) is 6.51. The highest BCUT2D eigenvalue weighted by molar-refractivity contribution is 7.89. The molecule has 0 unspecified atom stereocenters. The third-order valence-corrected chi connectivity index (χ3v) is 5.62. The van der Waals surface area contributed by atoms with Crippen LogP contribution in [0.5, 0.6) is 0 Å². The number of rotatable bonds is 7. The van der Waals surface area contributed by atoms with Gasteiger partial charge in [0.25, 0.3) is 0 Å². The number of aryl methyl sites for hydroxylation is 3. The monoisotopic (exact) mass is 389 g/mol. The van der Waals surface area contributed by atoms with Crippen molar-refractivity contribution in [3.8, 4) is 0 Å². The van der Waals surface area contributed by atoms with Crippen LogP contribution in [0.15, 0.2) is 47.4 Å². The van der Waals surface area contributed by atoms with Gasteiger partial charge >= 0.3 is 5.97 Å². The number of benzene rings is 2. The van der Waals surface area contributed by atoms with Gasteiger partial charge in [-0.25, -0.2) is 8.42 Å². The van der Waals surface area contributed by atoms with Gasteiger partial charge in [0.2, 0.25) is 15.8 Å². The van der Waals surface area contributed by atoms with Gasteiger partial charge in [-0.3, -0.25) is 9.59 Å². The Morgan fingerprint density at radius 2 is 1.63 bits per heavy atom. The van der Waals surface area contributed by atoms with E-state index in [1.165, 1.54) is 19.1 Å². The van der Waals surface area contributed by atoms with Crippen molar-refractivity contribution in [3.63, 3.8) is 0 Å². The fourth-order valence-corrected chi connectivity index (χ4v) is 3.35. The summed E-state index contributed by atoms with van der Waals surface area (Å²) in [6, 6.07) is 11.5. The summed E-state index contributed by atoms with van der Waals surface area (Å²) in [7, 11) is -3.83. The Morgan fingerprint density at radius 3 is 2.22 bits per heavy atom. The summed E-state index contributed by atoms with van der Waals surface area (Å²) in [4.78, 5) is 24.4. The lowest BCUT2D eigenvalue weighted by Crippen LogP contribution is -2.34. The van der Waals surface area contributed by atoms with Gasteiger partial charge in [-0.15, -0.1) is 0 Å². The van der Waals surface area contributed by atoms with E-state index in [1.54, 1.807) is 24.3 Å². The first-order chi connectivity index (χ1) is 12.6. The zero-order chi connectivity index (χ0) is 20.2. The summed E-state index contributed by atoms with van der Waals surface area (Å²) in [6.07, 6.45) is -1.01. The fraction of sp³-hybridized carbons (Fsp3) is 0.300. The van der Waals surface area contributed by atoms with Crippen LogP contribution in [0.3, 0.4) is 0 Å². The van der Waals surface area contributed by atoms with Gasteiger partial charge in [0.1, 0.15) is 6.54 Å². The minimum Gasteiger partial charge on any atom is -0.453 e. The predicted octanol–water partition coefficient (Wildman–Crippen LogP) is 2.70. The number of esters is 1.